The van der Waals surface area contributed by atoms with Crippen LogP contribution in [-0.4, -0.2) is 79.1 Å². The SMILES string of the molecule is Cc1csc(COC(=O)N[C@@H](CS(C)(=O)=O)C(=O)N[C@H](CC(C)C)[C@@H](O)C[C@@H](C)C(=O)N[C@@H](C(=O)NCC(C)C)c2ccccc2)n1. The number of nitrogens with zero attached hydrogens (tertiary/aromatic N) is 1. The Morgan fingerprint density at radius 2 is 1.57 bits per heavy atom. The largest absolute Gasteiger partial charge is 0.442 e. The molecular formula is C32H49N5O8S2. The molecule has 15 heteroatoms. The van der Waals surface area contributed by atoms with Crippen LogP contribution in [0.15, 0.2) is 35.7 Å². The van der Waals surface area contributed by atoms with Gasteiger partial charge in [0.2, 0.25) is 17.7 Å². The Labute approximate surface area is 281 Å². The van der Waals surface area contributed by atoms with Crippen LogP contribution in [0.3, 0.4) is 0 Å². The van der Waals surface area contributed by atoms with Crippen molar-refractivity contribution in [1.82, 2.24) is 26.3 Å². The van der Waals surface area contributed by atoms with Gasteiger partial charge in [-0.05, 0) is 37.2 Å². The molecule has 0 aliphatic rings. The number of hydrogen-bond acceptors (Lipinski definition) is 10. The highest BCUT2D eigenvalue weighted by Crippen LogP contribution is 2.19. The predicted octanol–water partition coefficient (Wildman–Crippen LogP) is 2.64. The maximum atomic E-state index is 13.3. The molecule has 0 fully saturated rings. The smallest absolute Gasteiger partial charge is 0.408 e. The van der Waals surface area contributed by atoms with Gasteiger partial charge in [0.15, 0.2) is 0 Å². The number of carbonyl (C=O) groups excluding carboxylic acids is 4. The molecule has 4 amide bonds. The Morgan fingerprint density at radius 1 is 0.915 bits per heavy atom. The molecule has 262 valence electrons. The third kappa shape index (κ3) is 14.8. The number of nitrogens with one attached hydrogen (secondary N) is 4. The second-order valence-corrected chi connectivity index (χ2v) is 15.8. The summed E-state index contributed by atoms with van der Waals surface area (Å²) in [5, 5.41) is 24.2. The molecule has 0 saturated heterocycles. The topological polar surface area (TPSA) is 193 Å². The molecule has 0 radical (unpaired) electrons. The van der Waals surface area contributed by atoms with Crippen LogP contribution in [0, 0.1) is 24.7 Å². The summed E-state index contributed by atoms with van der Waals surface area (Å²) in [4.78, 5) is 56.4. The number of hydrogen-bond donors (Lipinski definition) is 5. The first-order valence-electron chi connectivity index (χ1n) is 15.6. The van der Waals surface area contributed by atoms with E-state index in [1.54, 1.807) is 49.6 Å². The zero-order valence-corrected chi connectivity index (χ0v) is 29.7. The van der Waals surface area contributed by atoms with E-state index >= 15 is 0 Å². The molecule has 2 rings (SSSR count). The van der Waals surface area contributed by atoms with Crippen molar-refractivity contribution in [2.45, 2.75) is 85.2 Å². The lowest BCUT2D eigenvalue weighted by molar-refractivity contribution is -0.131. The average Bonchev–Trinajstić information content (AvgIpc) is 3.41. The van der Waals surface area contributed by atoms with Crippen molar-refractivity contribution in [3.05, 3.63) is 52.0 Å². The van der Waals surface area contributed by atoms with Crippen LogP contribution in [-0.2, 0) is 35.6 Å². The summed E-state index contributed by atoms with van der Waals surface area (Å²) in [6.07, 6.45) is -1.06. The number of alkyl carbamates (subject to hydrolysis) is 1. The molecule has 1 aromatic carbocycles. The predicted molar refractivity (Wildman–Crippen MR) is 180 cm³/mol. The van der Waals surface area contributed by atoms with Crippen LogP contribution in [0.4, 0.5) is 4.79 Å². The molecule has 0 bridgehead atoms. The quantitative estimate of drug-likeness (QED) is 0.156. The first-order chi connectivity index (χ1) is 21.9. The van der Waals surface area contributed by atoms with Crippen molar-refractivity contribution in [2.24, 2.45) is 17.8 Å². The maximum Gasteiger partial charge on any atom is 0.408 e. The summed E-state index contributed by atoms with van der Waals surface area (Å²) in [6, 6.07) is 5.49. The van der Waals surface area contributed by atoms with Crippen LogP contribution in [0.2, 0.25) is 0 Å². The normalized spacial score (nSPS) is 14.9. The van der Waals surface area contributed by atoms with Crippen LogP contribution in [0.1, 0.15) is 69.8 Å². The van der Waals surface area contributed by atoms with Gasteiger partial charge in [0.1, 0.15) is 33.5 Å². The Kier molecular flexibility index (Phi) is 15.8. The van der Waals surface area contributed by atoms with E-state index in [4.69, 9.17) is 4.74 Å². The Morgan fingerprint density at radius 3 is 2.13 bits per heavy atom. The summed E-state index contributed by atoms with van der Waals surface area (Å²) in [5.41, 5.74) is 1.36. The molecule has 0 spiro atoms. The van der Waals surface area contributed by atoms with Crippen molar-refractivity contribution in [3.63, 3.8) is 0 Å². The van der Waals surface area contributed by atoms with Crippen molar-refractivity contribution < 1.29 is 37.4 Å². The number of aromatic nitrogens is 1. The fourth-order valence-corrected chi connectivity index (χ4v) is 6.16. The number of benzene rings is 1. The number of aliphatic hydroxyl groups is 1. The van der Waals surface area contributed by atoms with Crippen LogP contribution in [0.25, 0.3) is 0 Å². The van der Waals surface area contributed by atoms with E-state index in [-0.39, 0.29) is 30.8 Å². The van der Waals surface area contributed by atoms with Crippen molar-refractivity contribution >= 4 is 45.0 Å². The van der Waals surface area contributed by atoms with Crippen LogP contribution < -0.4 is 21.3 Å². The fraction of sp³-hybridized carbons (Fsp3) is 0.594. The highest BCUT2D eigenvalue weighted by molar-refractivity contribution is 7.90. The van der Waals surface area contributed by atoms with E-state index in [2.05, 4.69) is 26.3 Å². The number of aliphatic hydroxyl groups excluding tert-OH is 1. The maximum absolute atomic E-state index is 13.3. The number of aryl methyl sites for hydroxylation is 1. The number of ether oxygens (including phenoxy) is 1. The van der Waals surface area contributed by atoms with Gasteiger partial charge in [0.05, 0.1) is 17.9 Å². The number of carbonyl (C=O) groups is 4. The zero-order valence-electron chi connectivity index (χ0n) is 28.1. The average molecular weight is 696 g/mol. The van der Waals surface area contributed by atoms with Gasteiger partial charge in [-0.3, -0.25) is 14.4 Å². The van der Waals surface area contributed by atoms with E-state index in [1.807, 2.05) is 27.7 Å². The Hall–Kier alpha value is -3.56. The first-order valence-corrected chi connectivity index (χ1v) is 18.5. The van der Waals surface area contributed by atoms with Gasteiger partial charge in [-0.15, -0.1) is 11.3 Å². The third-order valence-electron chi connectivity index (χ3n) is 7.00. The number of amides is 4. The molecule has 2 aromatic rings. The molecule has 0 aliphatic carbocycles. The lowest BCUT2D eigenvalue weighted by atomic mass is 9.92. The van der Waals surface area contributed by atoms with Gasteiger partial charge in [-0.1, -0.05) is 65.0 Å². The van der Waals surface area contributed by atoms with Gasteiger partial charge < -0.3 is 31.1 Å². The standard InChI is InChI=1S/C32H49N5O8S2/c1-19(2)13-24(35-30(40)25(18-47(7,43)44)36-32(42)45-16-27-34-22(6)17-46-27)26(38)14-21(5)29(39)37-28(23-11-9-8-10-12-23)31(41)33-15-20(3)4/h8-12,17,19-21,24-26,28,38H,13-16,18H2,1-7H3,(H,33,41)(H,35,40)(H,36,42)(H,37,39)/t21-,24-,25+,26+,28-/m1/s1. The zero-order chi connectivity index (χ0) is 35.3. The van der Waals surface area contributed by atoms with Crippen LogP contribution >= 0.6 is 11.3 Å². The molecule has 5 atom stereocenters. The highest BCUT2D eigenvalue weighted by atomic mass is 32.2. The van der Waals surface area contributed by atoms with Crippen LogP contribution in [0.5, 0.6) is 0 Å². The second-order valence-electron chi connectivity index (χ2n) is 12.7. The lowest BCUT2D eigenvalue weighted by Crippen LogP contribution is -2.55. The van der Waals surface area contributed by atoms with Gasteiger partial charge in [-0.2, -0.15) is 0 Å². The van der Waals surface area contributed by atoms with Crippen molar-refractivity contribution in [1.29, 1.82) is 0 Å². The number of sulfone groups is 1. The monoisotopic (exact) mass is 695 g/mol. The molecule has 0 saturated carbocycles. The molecule has 1 aromatic heterocycles. The third-order valence-corrected chi connectivity index (χ3v) is 8.88. The van der Waals surface area contributed by atoms with Gasteiger partial charge in [0.25, 0.3) is 0 Å². The van der Waals surface area contributed by atoms with E-state index in [1.165, 1.54) is 11.3 Å². The summed E-state index contributed by atoms with van der Waals surface area (Å²) in [5.74, 6) is -2.92. The molecule has 5 N–H and O–H groups in total. The second kappa shape index (κ2) is 18.7. The first kappa shape index (κ1) is 39.6. The molecule has 47 heavy (non-hydrogen) atoms. The molecule has 1 heterocycles. The Balaban J connectivity index is 2.13. The Bertz CT molecular complexity index is 1430. The fourth-order valence-electron chi connectivity index (χ4n) is 4.64. The molecule has 0 unspecified atom stereocenters. The summed E-state index contributed by atoms with van der Waals surface area (Å²) in [7, 11) is -3.73. The van der Waals surface area contributed by atoms with Crippen molar-refractivity contribution in [2.75, 3.05) is 18.6 Å². The lowest BCUT2D eigenvalue weighted by Gasteiger charge is -2.29. The summed E-state index contributed by atoms with van der Waals surface area (Å²) < 4.78 is 29.4. The minimum absolute atomic E-state index is 0.000711. The van der Waals surface area contributed by atoms with Crippen molar-refractivity contribution in [3.8, 4) is 0 Å². The van der Waals surface area contributed by atoms with Gasteiger partial charge in [0, 0.05) is 29.8 Å². The molecular weight excluding hydrogens is 647 g/mol. The minimum atomic E-state index is -3.73. The highest BCUT2D eigenvalue weighted by Gasteiger charge is 2.32. The van der Waals surface area contributed by atoms with E-state index in [0.717, 1.165) is 11.9 Å². The molecule has 13 nitrogen and oxygen atoms in total. The number of thiazole rings is 1. The van der Waals surface area contributed by atoms with E-state index in [9.17, 15) is 32.7 Å². The molecule has 0 aliphatic heterocycles. The van der Waals surface area contributed by atoms with Gasteiger partial charge >= 0.3 is 6.09 Å². The summed E-state index contributed by atoms with van der Waals surface area (Å²) >= 11 is 1.29. The number of rotatable bonds is 18. The minimum Gasteiger partial charge on any atom is -0.442 e. The van der Waals surface area contributed by atoms with Gasteiger partial charge in [-0.25, -0.2) is 18.2 Å². The van der Waals surface area contributed by atoms with E-state index in [0.29, 0.717) is 23.5 Å². The van der Waals surface area contributed by atoms with E-state index < -0.39 is 63.6 Å². The summed E-state index contributed by atoms with van der Waals surface area (Å²) in [6.45, 7) is 11.4.